The summed E-state index contributed by atoms with van der Waals surface area (Å²) in [6.07, 6.45) is 8.95. The normalized spacial score (nSPS) is 10.3. The number of carbonyl (C=O) groups excluding carboxylic acids is 1. The van der Waals surface area contributed by atoms with E-state index >= 15 is 0 Å². The molecule has 112 valence electrons. The Morgan fingerprint density at radius 2 is 1.55 bits per heavy atom. The van der Waals surface area contributed by atoms with Gasteiger partial charge in [-0.25, -0.2) is 4.79 Å². The summed E-state index contributed by atoms with van der Waals surface area (Å²) in [5.41, 5.74) is 0.552. The second-order valence-corrected chi connectivity index (χ2v) is 4.99. The van der Waals surface area contributed by atoms with E-state index in [1.807, 2.05) is 12.1 Å². The maximum absolute atomic E-state index is 11.3. The fourth-order valence-electron chi connectivity index (χ4n) is 2.05. The summed E-state index contributed by atoms with van der Waals surface area (Å²) in [6, 6.07) is 7.08. The van der Waals surface area contributed by atoms with Crippen LogP contribution in [0.4, 0.5) is 0 Å². The van der Waals surface area contributed by atoms with Crippen LogP contribution in [-0.4, -0.2) is 19.7 Å². The van der Waals surface area contributed by atoms with Crippen molar-refractivity contribution >= 4 is 5.97 Å². The number of hydrogen-bond acceptors (Lipinski definition) is 3. The predicted molar refractivity (Wildman–Crippen MR) is 81.3 cm³/mol. The van der Waals surface area contributed by atoms with Crippen molar-refractivity contribution in [1.29, 1.82) is 0 Å². The maximum Gasteiger partial charge on any atom is 0.337 e. The highest BCUT2D eigenvalue weighted by molar-refractivity contribution is 5.89. The molecule has 0 unspecified atom stereocenters. The zero-order valence-electron chi connectivity index (χ0n) is 12.7. The van der Waals surface area contributed by atoms with Crippen molar-refractivity contribution in [1.82, 2.24) is 0 Å². The Balaban J connectivity index is 2.11. The Morgan fingerprint density at radius 3 is 2.15 bits per heavy atom. The number of benzene rings is 1. The fraction of sp³-hybridized carbons (Fsp3) is 0.588. The quantitative estimate of drug-likeness (QED) is 0.463. The molecule has 0 saturated heterocycles. The molecule has 0 aliphatic rings. The van der Waals surface area contributed by atoms with E-state index in [0.717, 1.165) is 18.8 Å². The van der Waals surface area contributed by atoms with Gasteiger partial charge in [0.25, 0.3) is 0 Å². The lowest BCUT2D eigenvalue weighted by Gasteiger charge is -2.06. The molecule has 1 rings (SSSR count). The smallest absolute Gasteiger partial charge is 0.337 e. The average molecular weight is 278 g/mol. The molecule has 0 heterocycles. The van der Waals surface area contributed by atoms with E-state index in [1.54, 1.807) is 12.1 Å². The van der Waals surface area contributed by atoms with Crippen LogP contribution in [0, 0.1) is 0 Å². The lowest BCUT2D eigenvalue weighted by atomic mass is 10.1. The van der Waals surface area contributed by atoms with Gasteiger partial charge in [-0.15, -0.1) is 0 Å². The van der Waals surface area contributed by atoms with Crippen LogP contribution in [-0.2, 0) is 4.74 Å². The summed E-state index contributed by atoms with van der Waals surface area (Å²) in [4.78, 5) is 11.3. The van der Waals surface area contributed by atoms with Crippen molar-refractivity contribution in [2.24, 2.45) is 0 Å². The molecule has 0 fully saturated rings. The van der Waals surface area contributed by atoms with E-state index in [0.29, 0.717) is 5.56 Å². The molecule has 0 radical (unpaired) electrons. The molecule has 3 heteroatoms. The number of esters is 1. The van der Waals surface area contributed by atoms with Crippen LogP contribution < -0.4 is 4.74 Å². The Kier molecular flexibility index (Phi) is 8.52. The van der Waals surface area contributed by atoms with E-state index < -0.39 is 0 Å². The molecule has 0 N–H and O–H groups in total. The third kappa shape index (κ3) is 6.60. The molecule has 0 aliphatic carbocycles. The van der Waals surface area contributed by atoms with Gasteiger partial charge < -0.3 is 9.47 Å². The van der Waals surface area contributed by atoms with Crippen LogP contribution in [0.5, 0.6) is 5.75 Å². The van der Waals surface area contributed by atoms with E-state index in [9.17, 15) is 4.79 Å². The van der Waals surface area contributed by atoms with Gasteiger partial charge in [0, 0.05) is 0 Å². The minimum absolute atomic E-state index is 0.316. The Bertz CT molecular complexity index is 370. The number of ether oxygens (including phenoxy) is 2. The fourth-order valence-corrected chi connectivity index (χ4v) is 2.05. The largest absolute Gasteiger partial charge is 0.494 e. The summed E-state index contributed by atoms with van der Waals surface area (Å²) in [6.45, 7) is 2.98. The van der Waals surface area contributed by atoms with E-state index in [-0.39, 0.29) is 5.97 Å². The highest BCUT2D eigenvalue weighted by Crippen LogP contribution is 2.14. The first-order valence-electron chi connectivity index (χ1n) is 7.59. The zero-order chi connectivity index (χ0) is 14.6. The molecule has 0 bridgehead atoms. The van der Waals surface area contributed by atoms with Crippen molar-refractivity contribution in [2.45, 2.75) is 51.9 Å². The van der Waals surface area contributed by atoms with E-state index in [4.69, 9.17) is 4.74 Å². The third-order valence-electron chi connectivity index (χ3n) is 3.29. The third-order valence-corrected chi connectivity index (χ3v) is 3.29. The maximum atomic E-state index is 11.3. The minimum Gasteiger partial charge on any atom is -0.494 e. The molecule has 0 amide bonds. The molecular weight excluding hydrogens is 252 g/mol. The van der Waals surface area contributed by atoms with Crippen molar-refractivity contribution < 1.29 is 14.3 Å². The predicted octanol–water partition coefficient (Wildman–Crippen LogP) is 4.60. The minimum atomic E-state index is -0.316. The molecule has 3 nitrogen and oxygen atoms in total. The van der Waals surface area contributed by atoms with E-state index in [2.05, 4.69) is 11.7 Å². The second-order valence-electron chi connectivity index (χ2n) is 4.99. The number of methoxy groups -OCH3 is 1. The first kappa shape index (κ1) is 16.5. The lowest BCUT2D eigenvalue weighted by Crippen LogP contribution is -2.01. The number of unbranched alkanes of at least 4 members (excludes halogenated alkanes) is 6. The van der Waals surface area contributed by atoms with Gasteiger partial charge in [-0.2, -0.15) is 0 Å². The lowest BCUT2D eigenvalue weighted by molar-refractivity contribution is 0.0600. The molecule has 0 aromatic heterocycles. The summed E-state index contributed by atoms with van der Waals surface area (Å²) >= 11 is 0. The van der Waals surface area contributed by atoms with E-state index in [1.165, 1.54) is 45.6 Å². The topological polar surface area (TPSA) is 35.5 Å². The van der Waals surface area contributed by atoms with Gasteiger partial charge in [-0.05, 0) is 30.7 Å². The summed E-state index contributed by atoms with van der Waals surface area (Å²) < 4.78 is 10.3. The number of carbonyl (C=O) groups is 1. The van der Waals surface area contributed by atoms with Crippen molar-refractivity contribution in [3.05, 3.63) is 29.8 Å². The van der Waals surface area contributed by atoms with Crippen LogP contribution in [0.15, 0.2) is 24.3 Å². The highest BCUT2D eigenvalue weighted by Gasteiger charge is 2.04. The van der Waals surface area contributed by atoms with Crippen LogP contribution >= 0.6 is 0 Å². The van der Waals surface area contributed by atoms with Gasteiger partial charge in [0.15, 0.2) is 0 Å². The van der Waals surface area contributed by atoms with Gasteiger partial charge in [0.05, 0.1) is 19.3 Å². The van der Waals surface area contributed by atoms with Gasteiger partial charge in [0.1, 0.15) is 5.75 Å². The first-order chi connectivity index (χ1) is 9.77. The van der Waals surface area contributed by atoms with Crippen LogP contribution in [0.25, 0.3) is 0 Å². The average Bonchev–Trinajstić information content (AvgIpc) is 2.50. The molecule has 0 spiro atoms. The first-order valence-corrected chi connectivity index (χ1v) is 7.59. The number of rotatable bonds is 10. The van der Waals surface area contributed by atoms with Crippen LogP contribution in [0.2, 0.25) is 0 Å². The molecule has 1 aromatic carbocycles. The van der Waals surface area contributed by atoms with Gasteiger partial charge in [0.2, 0.25) is 0 Å². The van der Waals surface area contributed by atoms with Gasteiger partial charge in [-0.3, -0.25) is 0 Å². The summed E-state index contributed by atoms with van der Waals surface area (Å²) in [5, 5.41) is 0. The monoisotopic (exact) mass is 278 g/mol. The summed E-state index contributed by atoms with van der Waals surface area (Å²) in [7, 11) is 1.38. The molecule has 20 heavy (non-hydrogen) atoms. The standard InChI is InChI=1S/C17H26O3/c1-3-4-5-6-7-8-9-14-20-16-12-10-15(11-13-16)17(18)19-2/h10-13H,3-9,14H2,1-2H3. The van der Waals surface area contributed by atoms with Crippen molar-refractivity contribution in [3.63, 3.8) is 0 Å². The number of hydrogen-bond donors (Lipinski definition) is 0. The molecule has 0 aliphatic heterocycles. The van der Waals surface area contributed by atoms with Crippen LogP contribution in [0.1, 0.15) is 62.2 Å². The zero-order valence-corrected chi connectivity index (χ0v) is 12.7. The van der Waals surface area contributed by atoms with Gasteiger partial charge >= 0.3 is 5.97 Å². The summed E-state index contributed by atoms with van der Waals surface area (Å²) in [5.74, 6) is 0.493. The molecule has 0 saturated carbocycles. The van der Waals surface area contributed by atoms with Crippen LogP contribution in [0.3, 0.4) is 0 Å². The Hall–Kier alpha value is -1.51. The Labute approximate surface area is 122 Å². The second kappa shape index (κ2) is 10.3. The van der Waals surface area contributed by atoms with Crippen molar-refractivity contribution in [2.75, 3.05) is 13.7 Å². The Morgan fingerprint density at radius 1 is 0.950 bits per heavy atom. The highest BCUT2D eigenvalue weighted by atomic mass is 16.5. The van der Waals surface area contributed by atoms with Crippen molar-refractivity contribution in [3.8, 4) is 5.75 Å². The molecule has 1 aromatic rings. The SMILES string of the molecule is CCCCCCCCCOc1ccc(C(=O)OC)cc1. The molecule has 0 atom stereocenters. The molecular formula is C17H26O3. The van der Waals surface area contributed by atoms with Gasteiger partial charge in [-0.1, -0.05) is 45.4 Å².